The molecule has 1 fully saturated rings. The number of amides is 1. The second-order valence-corrected chi connectivity index (χ2v) is 5.08. The first-order valence-corrected chi connectivity index (χ1v) is 7.14. The maximum Gasteiger partial charge on any atom is 0.251 e. The maximum absolute atomic E-state index is 12.1. The van der Waals surface area contributed by atoms with Gasteiger partial charge in [-0.1, -0.05) is 0 Å². The molecule has 2 aromatic heterocycles. The zero-order chi connectivity index (χ0) is 14.5. The fourth-order valence-electron chi connectivity index (χ4n) is 2.46. The Bertz CT molecular complexity index is 591. The molecule has 1 N–H and O–H groups in total. The van der Waals surface area contributed by atoms with Crippen molar-refractivity contribution >= 4 is 5.91 Å². The minimum atomic E-state index is -0.0779. The van der Waals surface area contributed by atoms with Crippen molar-refractivity contribution in [1.29, 1.82) is 0 Å². The van der Waals surface area contributed by atoms with Crippen molar-refractivity contribution in [3.05, 3.63) is 36.5 Å². The van der Waals surface area contributed by atoms with Crippen LogP contribution in [0.2, 0.25) is 0 Å². The standard InChI is InChI=1S/C14H18N6O/c21-14(16-5-8-19-6-1-2-7-19)12-3-4-15-13(9-12)20-10-17-18-11-20/h3-4,9-11H,1-2,5-8H2,(H,16,21). The summed E-state index contributed by atoms with van der Waals surface area (Å²) in [5.41, 5.74) is 0.593. The molecule has 0 atom stereocenters. The van der Waals surface area contributed by atoms with Crippen molar-refractivity contribution in [2.45, 2.75) is 12.8 Å². The topological polar surface area (TPSA) is 75.9 Å². The highest BCUT2D eigenvalue weighted by Gasteiger charge is 2.12. The van der Waals surface area contributed by atoms with E-state index in [9.17, 15) is 4.79 Å². The minimum absolute atomic E-state index is 0.0779. The number of likely N-dealkylation sites (tertiary alicyclic amines) is 1. The first kappa shape index (κ1) is 13.7. The largest absolute Gasteiger partial charge is 0.351 e. The van der Waals surface area contributed by atoms with Gasteiger partial charge in [-0.3, -0.25) is 9.36 Å². The van der Waals surface area contributed by atoms with Crippen LogP contribution in [0.25, 0.3) is 5.82 Å². The van der Waals surface area contributed by atoms with Crippen LogP contribution >= 0.6 is 0 Å². The molecule has 7 nitrogen and oxygen atoms in total. The van der Waals surface area contributed by atoms with Crippen LogP contribution in [-0.2, 0) is 0 Å². The lowest BCUT2D eigenvalue weighted by Crippen LogP contribution is -2.33. The Balaban J connectivity index is 1.58. The Kier molecular flexibility index (Phi) is 4.20. The average molecular weight is 286 g/mol. The summed E-state index contributed by atoms with van der Waals surface area (Å²) in [7, 11) is 0. The van der Waals surface area contributed by atoms with E-state index in [1.807, 2.05) is 0 Å². The number of nitrogens with zero attached hydrogens (tertiary/aromatic N) is 5. The molecule has 110 valence electrons. The SMILES string of the molecule is O=C(NCCN1CCCC1)c1ccnc(-n2cnnc2)c1. The molecule has 0 aromatic carbocycles. The molecule has 0 bridgehead atoms. The first-order chi connectivity index (χ1) is 10.3. The summed E-state index contributed by atoms with van der Waals surface area (Å²) in [6, 6.07) is 3.44. The third-order valence-corrected chi connectivity index (χ3v) is 3.60. The van der Waals surface area contributed by atoms with Crippen LogP contribution in [0.1, 0.15) is 23.2 Å². The molecule has 0 saturated carbocycles. The van der Waals surface area contributed by atoms with Crippen LogP contribution in [0.3, 0.4) is 0 Å². The van der Waals surface area contributed by atoms with Gasteiger partial charge < -0.3 is 10.2 Å². The highest BCUT2D eigenvalue weighted by Crippen LogP contribution is 2.07. The maximum atomic E-state index is 12.1. The van der Waals surface area contributed by atoms with E-state index in [1.165, 1.54) is 12.8 Å². The lowest BCUT2D eigenvalue weighted by atomic mass is 10.2. The summed E-state index contributed by atoms with van der Waals surface area (Å²) < 4.78 is 1.67. The lowest BCUT2D eigenvalue weighted by Gasteiger charge is -2.14. The second-order valence-electron chi connectivity index (χ2n) is 5.08. The van der Waals surface area contributed by atoms with Gasteiger partial charge in [0.2, 0.25) is 0 Å². The molecule has 0 aliphatic carbocycles. The Labute approximate surface area is 123 Å². The van der Waals surface area contributed by atoms with Gasteiger partial charge in [0.15, 0.2) is 0 Å². The summed E-state index contributed by atoms with van der Waals surface area (Å²) in [5, 5.41) is 10.4. The van der Waals surface area contributed by atoms with Gasteiger partial charge in [-0.05, 0) is 38.1 Å². The van der Waals surface area contributed by atoms with Gasteiger partial charge in [0.05, 0.1) is 0 Å². The summed E-state index contributed by atoms with van der Waals surface area (Å²) >= 11 is 0. The molecule has 0 radical (unpaired) electrons. The highest BCUT2D eigenvalue weighted by atomic mass is 16.1. The lowest BCUT2D eigenvalue weighted by molar-refractivity contribution is 0.0949. The van der Waals surface area contributed by atoms with Crippen molar-refractivity contribution in [3.63, 3.8) is 0 Å². The number of hydrogen-bond acceptors (Lipinski definition) is 5. The van der Waals surface area contributed by atoms with E-state index in [-0.39, 0.29) is 5.91 Å². The van der Waals surface area contributed by atoms with E-state index >= 15 is 0 Å². The number of carbonyl (C=O) groups is 1. The minimum Gasteiger partial charge on any atom is -0.351 e. The van der Waals surface area contributed by atoms with Gasteiger partial charge in [-0.15, -0.1) is 10.2 Å². The van der Waals surface area contributed by atoms with Crippen LogP contribution in [0.15, 0.2) is 31.0 Å². The number of hydrogen-bond donors (Lipinski definition) is 1. The normalized spacial score (nSPS) is 15.2. The molecular formula is C14H18N6O. The Morgan fingerprint density at radius 3 is 2.76 bits per heavy atom. The predicted molar refractivity (Wildman–Crippen MR) is 77.2 cm³/mol. The fourth-order valence-corrected chi connectivity index (χ4v) is 2.46. The van der Waals surface area contributed by atoms with Crippen LogP contribution in [-0.4, -0.2) is 56.7 Å². The number of rotatable bonds is 5. The van der Waals surface area contributed by atoms with Crippen LogP contribution in [0.5, 0.6) is 0 Å². The van der Waals surface area contributed by atoms with Crippen molar-refractivity contribution in [2.75, 3.05) is 26.2 Å². The summed E-state index contributed by atoms with van der Waals surface area (Å²) in [4.78, 5) is 18.7. The molecule has 1 amide bonds. The second kappa shape index (κ2) is 6.45. The van der Waals surface area contributed by atoms with Crippen LogP contribution in [0.4, 0.5) is 0 Å². The predicted octanol–water partition coefficient (Wildman–Crippen LogP) is 0.488. The molecule has 2 aromatic rings. The van der Waals surface area contributed by atoms with Crippen molar-refractivity contribution in [3.8, 4) is 5.82 Å². The fraction of sp³-hybridized carbons (Fsp3) is 0.429. The Morgan fingerprint density at radius 1 is 1.24 bits per heavy atom. The molecule has 1 aliphatic rings. The third kappa shape index (κ3) is 3.43. The smallest absolute Gasteiger partial charge is 0.251 e. The van der Waals surface area contributed by atoms with Gasteiger partial charge in [-0.25, -0.2) is 4.98 Å². The van der Waals surface area contributed by atoms with Gasteiger partial charge >= 0.3 is 0 Å². The molecule has 1 saturated heterocycles. The molecule has 0 spiro atoms. The third-order valence-electron chi connectivity index (χ3n) is 3.60. The molecule has 7 heteroatoms. The van der Waals surface area contributed by atoms with E-state index in [1.54, 1.807) is 35.6 Å². The van der Waals surface area contributed by atoms with Gasteiger partial charge in [0, 0.05) is 24.8 Å². The average Bonchev–Trinajstić information content (AvgIpc) is 3.21. The van der Waals surface area contributed by atoms with Crippen molar-refractivity contribution in [1.82, 2.24) is 30.0 Å². The molecular weight excluding hydrogens is 268 g/mol. The van der Waals surface area contributed by atoms with Crippen molar-refractivity contribution in [2.24, 2.45) is 0 Å². The number of pyridine rings is 1. The quantitative estimate of drug-likeness (QED) is 0.865. The number of nitrogens with one attached hydrogen (secondary N) is 1. The molecule has 3 heterocycles. The first-order valence-electron chi connectivity index (χ1n) is 7.14. The zero-order valence-electron chi connectivity index (χ0n) is 11.8. The van der Waals surface area contributed by atoms with Gasteiger partial charge in [0.25, 0.3) is 5.91 Å². The van der Waals surface area contributed by atoms with Crippen molar-refractivity contribution < 1.29 is 4.79 Å². The number of carbonyl (C=O) groups excluding carboxylic acids is 1. The summed E-state index contributed by atoms with van der Waals surface area (Å²) in [6.45, 7) is 3.87. The monoisotopic (exact) mass is 286 g/mol. The Hall–Kier alpha value is -2.28. The van der Waals surface area contributed by atoms with Crippen LogP contribution < -0.4 is 5.32 Å². The molecule has 1 aliphatic heterocycles. The van der Waals surface area contributed by atoms with Crippen LogP contribution in [0, 0.1) is 0 Å². The summed E-state index contributed by atoms with van der Waals surface area (Å²) in [6.07, 6.45) is 7.25. The molecule has 3 rings (SSSR count). The van der Waals surface area contributed by atoms with Gasteiger partial charge in [0.1, 0.15) is 18.5 Å². The van der Waals surface area contributed by atoms with E-state index in [4.69, 9.17) is 0 Å². The summed E-state index contributed by atoms with van der Waals surface area (Å²) in [5.74, 6) is 0.554. The zero-order valence-corrected chi connectivity index (χ0v) is 11.8. The Morgan fingerprint density at radius 2 is 2.00 bits per heavy atom. The van der Waals surface area contributed by atoms with E-state index < -0.39 is 0 Å². The number of aromatic nitrogens is 4. The van der Waals surface area contributed by atoms with E-state index in [0.717, 1.165) is 19.6 Å². The van der Waals surface area contributed by atoms with E-state index in [2.05, 4.69) is 25.4 Å². The van der Waals surface area contributed by atoms with E-state index in [0.29, 0.717) is 17.9 Å². The molecule has 21 heavy (non-hydrogen) atoms. The molecule has 0 unspecified atom stereocenters. The highest BCUT2D eigenvalue weighted by molar-refractivity contribution is 5.94. The van der Waals surface area contributed by atoms with Gasteiger partial charge in [-0.2, -0.15) is 0 Å².